The topological polar surface area (TPSA) is 122 Å². The number of thioether (sulfide) groups is 1. The number of anilines is 1. The molecule has 3 aromatic rings. The number of carbonyl (C=O) groups is 3. The van der Waals surface area contributed by atoms with Gasteiger partial charge < -0.3 is 21.5 Å². The maximum atomic E-state index is 14.8. The fraction of sp³-hybridized carbons (Fsp3) is 0.192. The Morgan fingerprint density at radius 2 is 1.68 bits per heavy atom. The summed E-state index contributed by atoms with van der Waals surface area (Å²) in [6.07, 6.45) is -0.710. The van der Waals surface area contributed by atoms with E-state index in [9.17, 15) is 37.1 Å². The van der Waals surface area contributed by atoms with Crippen molar-refractivity contribution in [1.82, 2.24) is 5.32 Å². The number of fused-ring (bicyclic) bond motifs is 1. The summed E-state index contributed by atoms with van der Waals surface area (Å²) in [5, 5.41) is 13.6. The van der Waals surface area contributed by atoms with Crippen LogP contribution in [0.4, 0.5) is 23.2 Å². The van der Waals surface area contributed by atoms with Crippen molar-refractivity contribution < 1.29 is 37.1 Å². The quantitative estimate of drug-likeness (QED) is 0.267. The third kappa shape index (κ3) is 5.57. The van der Waals surface area contributed by atoms with E-state index in [4.69, 9.17) is 5.73 Å². The van der Waals surface area contributed by atoms with Crippen molar-refractivity contribution in [1.29, 1.82) is 0 Å². The predicted octanol–water partition coefficient (Wildman–Crippen LogP) is 3.01. The van der Waals surface area contributed by atoms with Crippen molar-refractivity contribution in [3.63, 3.8) is 0 Å². The van der Waals surface area contributed by atoms with E-state index in [2.05, 4.69) is 10.6 Å². The van der Waals surface area contributed by atoms with Crippen LogP contribution in [0.15, 0.2) is 65.6 Å². The standard InChI is InChI=1S/C26H21F4N3O4S/c27-14-5-6-18(30)17(11-14)23-22(24(36)32-19-3-1-2-4-20(19)38-23)33-25(37)26(31,12-34)21(35)9-13-7-15(28)10-16(29)8-13/h1-8,10-11,22-23,34H,9,12,31H2,(H,32,36)(H,33,37)/t22-,23+,26-/m0/s1. The minimum absolute atomic E-state index is 0.138. The van der Waals surface area contributed by atoms with Gasteiger partial charge in [-0.3, -0.25) is 14.4 Å². The van der Waals surface area contributed by atoms with Crippen molar-refractivity contribution in [3.8, 4) is 0 Å². The number of halogens is 4. The van der Waals surface area contributed by atoms with Gasteiger partial charge in [0.2, 0.25) is 5.91 Å². The highest BCUT2D eigenvalue weighted by Crippen LogP contribution is 2.44. The molecular formula is C26H21F4N3O4S. The zero-order chi connectivity index (χ0) is 27.6. The van der Waals surface area contributed by atoms with E-state index >= 15 is 0 Å². The fourth-order valence-corrected chi connectivity index (χ4v) is 5.27. The van der Waals surface area contributed by atoms with Crippen LogP contribution in [-0.2, 0) is 20.8 Å². The van der Waals surface area contributed by atoms with Gasteiger partial charge in [0.05, 0.1) is 17.5 Å². The minimum atomic E-state index is -2.63. The highest BCUT2D eigenvalue weighted by molar-refractivity contribution is 7.99. The summed E-state index contributed by atoms with van der Waals surface area (Å²) >= 11 is 0.964. The van der Waals surface area contributed by atoms with Crippen LogP contribution in [0.2, 0.25) is 0 Å². The van der Waals surface area contributed by atoms with E-state index in [1.807, 2.05) is 0 Å². The summed E-state index contributed by atoms with van der Waals surface area (Å²) in [4.78, 5) is 39.9. The van der Waals surface area contributed by atoms with Crippen LogP contribution in [0, 0.1) is 23.3 Å². The number of nitrogens with two attached hydrogens (primary N) is 1. The second kappa shape index (κ2) is 10.9. The molecule has 0 saturated heterocycles. The molecule has 5 N–H and O–H groups in total. The molecule has 0 unspecified atom stereocenters. The second-order valence-corrected chi connectivity index (χ2v) is 9.83. The molecule has 0 aliphatic carbocycles. The van der Waals surface area contributed by atoms with Crippen molar-refractivity contribution in [3.05, 3.63) is 95.1 Å². The molecule has 1 aliphatic heterocycles. The summed E-state index contributed by atoms with van der Waals surface area (Å²) in [5.74, 6) is -6.77. The Morgan fingerprint density at radius 1 is 1.00 bits per heavy atom. The highest BCUT2D eigenvalue weighted by Gasteiger charge is 2.45. The number of nitrogens with one attached hydrogen (secondary N) is 2. The smallest absolute Gasteiger partial charge is 0.250 e. The molecule has 0 radical (unpaired) electrons. The molecular weight excluding hydrogens is 526 g/mol. The first-order valence-electron chi connectivity index (χ1n) is 11.2. The molecule has 7 nitrogen and oxygen atoms in total. The largest absolute Gasteiger partial charge is 0.393 e. The van der Waals surface area contributed by atoms with E-state index < -0.39 is 70.7 Å². The van der Waals surface area contributed by atoms with Gasteiger partial charge in [-0.15, -0.1) is 11.8 Å². The molecule has 198 valence electrons. The van der Waals surface area contributed by atoms with Gasteiger partial charge in [-0.25, -0.2) is 17.6 Å². The Balaban J connectivity index is 1.68. The number of para-hydroxylation sites is 1. The lowest BCUT2D eigenvalue weighted by Crippen LogP contribution is -2.65. The van der Waals surface area contributed by atoms with E-state index in [0.717, 1.165) is 42.1 Å². The average molecular weight is 548 g/mol. The summed E-state index contributed by atoms with van der Waals surface area (Å²) < 4.78 is 56.1. The van der Waals surface area contributed by atoms with Gasteiger partial charge in [0.15, 0.2) is 11.3 Å². The van der Waals surface area contributed by atoms with E-state index in [-0.39, 0.29) is 11.1 Å². The van der Waals surface area contributed by atoms with Gasteiger partial charge >= 0.3 is 0 Å². The van der Waals surface area contributed by atoms with Crippen LogP contribution < -0.4 is 16.4 Å². The number of amides is 2. The Bertz CT molecular complexity index is 1400. The minimum Gasteiger partial charge on any atom is -0.393 e. The van der Waals surface area contributed by atoms with E-state index in [1.165, 1.54) is 0 Å². The Hall–Kier alpha value is -3.74. The molecule has 0 bridgehead atoms. The fourth-order valence-electron chi connectivity index (χ4n) is 3.96. The van der Waals surface area contributed by atoms with E-state index in [0.29, 0.717) is 16.6 Å². The number of aliphatic hydroxyl groups excluding tert-OH is 1. The monoisotopic (exact) mass is 547 g/mol. The lowest BCUT2D eigenvalue weighted by Gasteiger charge is -2.30. The molecule has 0 fully saturated rings. The number of benzene rings is 3. The molecule has 0 saturated carbocycles. The maximum Gasteiger partial charge on any atom is 0.250 e. The number of ketones is 1. The molecule has 3 atom stereocenters. The summed E-state index contributed by atoms with van der Waals surface area (Å²) in [6, 6.07) is 9.93. The normalized spacial score (nSPS) is 18.5. The van der Waals surface area contributed by atoms with Crippen LogP contribution in [0.25, 0.3) is 0 Å². The Morgan fingerprint density at radius 3 is 2.37 bits per heavy atom. The SMILES string of the molecule is N[C@@](CO)(C(=O)Cc1cc(F)cc(F)c1)C(=O)N[C@@H]1C(=O)Nc2ccccc2S[C@@H]1c1cc(F)ccc1F. The second-order valence-electron chi connectivity index (χ2n) is 8.65. The average Bonchev–Trinajstić information content (AvgIpc) is 3.00. The molecule has 4 rings (SSSR count). The highest BCUT2D eigenvalue weighted by atomic mass is 32.2. The van der Waals surface area contributed by atoms with Crippen LogP contribution in [-0.4, -0.2) is 40.9 Å². The lowest BCUT2D eigenvalue weighted by molar-refractivity contribution is -0.139. The molecule has 3 aromatic carbocycles. The summed E-state index contributed by atoms with van der Waals surface area (Å²) in [6.45, 7) is -1.21. The number of Topliss-reactive ketones (excluding diaryl/α,β-unsaturated/α-hetero) is 1. The van der Waals surface area contributed by atoms with Crippen LogP contribution in [0.1, 0.15) is 16.4 Å². The van der Waals surface area contributed by atoms with Gasteiger partial charge in [-0.2, -0.15) is 0 Å². The first kappa shape index (κ1) is 27.3. The third-order valence-corrected chi connectivity index (χ3v) is 7.36. The van der Waals surface area contributed by atoms with E-state index in [1.54, 1.807) is 24.3 Å². The van der Waals surface area contributed by atoms with Gasteiger partial charge in [0, 0.05) is 22.9 Å². The van der Waals surface area contributed by atoms with Crippen LogP contribution in [0.3, 0.4) is 0 Å². The van der Waals surface area contributed by atoms with Crippen LogP contribution in [0.5, 0.6) is 0 Å². The molecule has 38 heavy (non-hydrogen) atoms. The number of carbonyl (C=O) groups excluding carboxylic acids is 3. The third-order valence-electron chi connectivity index (χ3n) is 5.97. The Labute approximate surface area is 218 Å². The molecule has 0 aromatic heterocycles. The summed E-state index contributed by atoms with van der Waals surface area (Å²) in [7, 11) is 0. The van der Waals surface area contributed by atoms with Crippen molar-refractivity contribution in [2.45, 2.75) is 28.1 Å². The zero-order valence-electron chi connectivity index (χ0n) is 19.5. The summed E-state index contributed by atoms with van der Waals surface area (Å²) in [5.41, 5.74) is 3.31. The maximum absolute atomic E-state index is 14.8. The lowest BCUT2D eigenvalue weighted by atomic mass is 9.89. The zero-order valence-corrected chi connectivity index (χ0v) is 20.3. The molecule has 2 amide bonds. The molecule has 0 spiro atoms. The Kier molecular flexibility index (Phi) is 7.86. The van der Waals surface area contributed by atoms with Crippen molar-refractivity contribution in [2.75, 3.05) is 11.9 Å². The number of hydrogen-bond acceptors (Lipinski definition) is 6. The number of aliphatic hydroxyl groups is 1. The van der Waals surface area contributed by atoms with Crippen molar-refractivity contribution in [2.24, 2.45) is 5.73 Å². The first-order valence-corrected chi connectivity index (χ1v) is 12.1. The molecule has 1 aliphatic rings. The van der Waals surface area contributed by atoms with Gasteiger partial charge in [-0.05, 0) is 48.0 Å². The molecule has 1 heterocycles. The van der Waals surface area contributed by atoms with Crippen LogP contribution >= 0.6 is 11.8 Å². The van der Waals surface area contributed by atoms with Gasteiger partial charge in [0.1, 0.15) is 29.3 Å². The molecule has 12 heteroatoms. The number of hydrogen-bond donors (Lipinski definition) is 4. The van der Waals surface area contributed by atoms with Crippen molar-refractivity contribution >= 4 is 35.0 Å². The first-order chi connectivity index (χ1) is 18.0. The predicted molar refractivity (Wildman–Crippen MR) is 131 cm³/mol. The van der Waals surface area contributed by atoms with Gasteiger partial charge in [-0.1, -0.05) is 12.1 Å². The number of rotatable bonds is 7. The van der Waals surface area contributed by atoms with Gasteiger partial charge in [0.25, 0.3) is 5.91 Å².